The fraction of sp³-hybridized carbons (Fsp3) is 0.778. The van der Waals surface area contributed by atoms with Gasteiger partial charge in [0.25, 0.3) is 0 Å². The Balaban J connectivity index is 1.68. The molecule has 0 saturated heterocycles. The third-order valence-electron chi connectivity index (χ3n) is 5.84. The quantitative estimate of drug-likeness (QED) is 0.160. The number of carbonyl (C=O) groups excluding carboxylic acids is 2. The molecule has 0 aliphatic carbocycles. The zero-order valence-electron chi connectivity index (χ0n) is 22.1. The van der Waals surface area contributed by atoms with Gasteiger partial charge >= 0.3 is 11.9 Å². The van der Waals surface area contributed by atoms with Gasteiger partial charge in [0.15, 0.2) is 11.5 Å². The minimum atomic E-state index is -0.468. The normalized spacial score (nSPS) is 14.3. The van der Waals surface area contributed by atoms with E-state index in [0.717, 1.165) is 50.0 Å². The molecule has 1 aromatic rings. The lowest BCUT2D eigenvalue weighted by atomic mass is 9.92. The first-order chi connectivity index (χ1) is 17.6. The Morgan fingerprint density at radius 2 is 1.22 bits per heavy atom. The van der Waals surface area contributed by atoms with Crippen LogP contribution >= 0.6 is 11.3 Å². The Morgan fingerprint density at radius 3 is 1.67 bits per heavy atom. The number of thiophene rings is 1. The Morgan fingerprint density at radius 1 is 0.750 bits per heavy atom. The van der Waals surface area contributed by atoms with Gasteiger partial charge in [-0.05, 0) is 12.8 Å². The summed E-state index contributed by atoms with van der Waals surface area (Å²) in [4.78, 5) is 23.4. The average molecular weight is 529 g/mol. The number of ether oxygens (including phenoxy) is 6. The maximum Gasteiger partial charge on any atom is 0.305 e. The van der Waals surface area contributed by atoms with Crippen molar-refractivity contribution in [1.82, 2.24) is 0 Å². The van der Waals surface area contributed by atoms with E-state index in [2.05, 4.69) is 13.8 Å². The molecule has 0 bridgehead atoms. The van der Waals surface area contributed by atoms with Gasteiger partial charge in [0.2, 0.25) is 0 Å². The Labute approximate surface area is 219 Å². The summed E-state index contributed by atoms with van der Waals surface area (Å²) in [7, 11) is 0. The summed E-state index contributed by atoms with van der Waals surface area (Å²) in [6.07, 6.45) is 8.23. The van der Waals surface area contributed by atoms with Crippen molar-refractivity contribution in [1.29, 1.82) is 0 Å². The molecule has 1 aliphatic rings. The highest BCUT2D eigenvalue weighted by Gasteiger charge is 2.36. The predicted molar refractivity (Wildman–Crippen MR) is 139 cm³/mol. The second-order valence-electron chi connectivity index (χ2n) is 9.35. The van der Waals surface area contributed by atoms with Crippen molar-refractivity contribution in [3.8, 4) is 11.5 Å². The van der Waals surface area contributed by atoms with Gasteiger partial charge in [0, 0.05) is 49.7 Å². The van der Waals surface area contributed by atoms with Crippen molar-refractivity contribution in [3.05, 3.63) is 10.8 Å². The van der Waals surface area contributed by atoms with Crippen LogP contribution in [0.2, 0.25) is 0 Å². The van der Waals surface area contributed by atoms with E-state index in [1.54, 1.807) is 0 Å². The lowest BCUT2D eigenvalue weighted by Gasteiger charge is -2.30. The molecule has 2 rings (SSSR count). The van der Waals surface area contributed by atoms with Crippen LogP contribution in [-0.2, 0) is 28.5 Å². The minimum absolute atomic E-state index is 0.142. The van der Waals surface area contributed by atoms with Crippen LogP contribution in [0.1, 0.15) is 78.1 Å². The SMILES string of the molecule is CCCCCC(=O)OCCCOCC1(COCCCOC(=O)CCCCC)COc2cscc2OC1. The van der Waals surface area contributed by atoms with Crippen LogP contribution in [0.3, 0.4) is 0 Å². The molecule has 9 heteroatoms. The number of hydrogen-bond donors (Lipinski definition) is 0. The summed E-state index contributed by atoms with van der Waals surface area (Å²) in [6, 6.07) is 0. The van der Waals surface area contributed by atoms with E-state index < -0.39 is 5.41 Å². The molecule has 8 nitrogen and oxygen atoms in total. The largest absolute Gasteiger partial charge is 0.488 e. The first-order valence-electron chi connectivity index (χ1n) is 13.4. The van der Waals surface area contributed by atoms with Crippen LogP contribution in [0.5, 0.6) is 11.5 Å². The van der Waals surface area contributed by atoms with E-state index in [9.17, 15) is 9.59 Å². The lowest BCUT2D eigenvalue weighted by molar-refractivity contribution is -0.145. The molecule has 36 heavy (non-hydrogen) atoms. The van der Waals surface area contributed by atoms with Crippen molar-refractivity contribution >= 4 is 23.3 Å². The third-order valence-corrected chi connectivity index (χ3v) is 6.54. The molecule has 1 aliphatic heterocycles. The predicted octanol–water partition coefficient (Wildman–Crippen LogP) is 5.57. The lowest BCUT2D eigenvalue weighted by Crippen LogP contribution is -2.42. The zero-order chi connectivity index (χ0) is 25.9. The molecule has 0 fully saturated rings. The smallest absolute Gasteiger partial charge is 0.305 e. The Kier molecular flexibility index (Phi) is 15.5. The fourth-order valence-corrected chi connectivity index (χ4v) is 4.33. The monoisotopic (exact) mass is 528 g/mol. The van der Waals surface area contributed by atoms with E-state index in [4.69, 9.17) is 28.4 Å². The summed E-state index contributed by atoms with van der Waals surface area (Å²) >= 11 is 1.54. The van der Waals surface area contributed by atoms with Crippen molar-refractivity contribution in [2.45, 2.75) is 78.1 Å². The van der Waals surface area contributed by atoms with Crippen LogP contribution in [0, 0.1) is 5.41 Å². The molecule has 0 aromatic carbocycles. The minimum Gasteiger partial charge on any atom is -0.488 e. The summed E-state index contributed by atoms with van der Waals surface area (Å²) in [5.74, 6) is 1.20. The number of hydrogen-bond acceptors (Lipinski definition) is 9. The van der Waals surface area contributed by atoms with Gasteiger partial charge in [-0.3, -0.25) is 9.59 Å². The number of unbranched alkanes of at least 4 members (excludes halogenated alkanes) is 4. The molecular weight excluding hydrogens is 484 g/mol. The summed E-state index contributed by atoms with van der Waals surface area (Å²) < 4.78 is 34.5. The molecule has 1 aromatic heterocycles. The molecule has 0 spiro atoms. The molecule has 2 heterocycles. The summed E-state index contributed by atoms with van der Waals surface area (Å²) in [5, 5.41) is 3.85. The maximum absolute atomic E-state index is 11.7. The molecule has 0 saturated carbocycles. The fourth-order valence-electron chi connectivity index (χ4n) is 3.65. The highest BCUT2D eigenvalue weighted by atomic mass is 32.1. The zero-order valence-corrected chi connectivity index (χ0v) is 22.9. The van der Waals surface area contributed by atoms with Gasteiger partial charge in [-0.1, -0.05) is 39.5 Å². The third kappa shape index (κ3) is 12.4. The van der Waals surface area contributed by atoms with Gasteiger partial charge in [-0.2, -0.15) is 0 Å². The molecule has 0 radical (unpaired) electrons. The second-order valence-corrected chi connectivity index (χ2v) is 10.1. The van der Waals surface area contributed by atoms with Crippen LogP contribution in [0.15, 0.2) is 10.8 Å². The van der Waals surface area contributed by atoms with Gasteiger partial charge in [-0.15, -0.1) is 11.3 Å². The van der Waals surface area contributed by atoms with Crippen LogP contribution < -0.4 is 9.47 Å². The van der Waals surface area contributed by atoms with E-state index >= 15 is 0 Å². The number of fused-ring (bicyclic) bond motifs is 1. The maximum atomic E-state index is 11.7. The van der Waals surface area contributed by atoms with E-state index in [1.807, 2.05) is 10.8 Å². The van der Waals surface area contributed by atoms with Gasteiger partial charge < -0.3 is 28.4 Å². The molecule has 0 N–H and O–H groups in total. The molecule has 206 valence electrons. The first kappa shape index (κ1) is 30.4. The standard InChI is InChI=1S/C27H44O8S/c1-3-5-7-11-25(28)32-15-9-13-30-19-27(21-34-23-17-36-18-24(23)35-22-27)20-31-14-10-16-33-26(29)12-8-6-4-2/h17-18H,3-16,19-22H2,1-2H3. The Bertz CT molecular complexity index is 677. The number of esters is 2. The summed E-state index contributed by atoms with van der Waals surface area (Å²) in [6.45, 7) is 7.50. The van der Waals surface area contributed by atoms with Gasteiger partial charge in [0.05, 0.1) is 31.8 Å². The van der Waals surface area contributed by atoms with Crippen molar-refractivity contribution in [3.63, 3.8) is 0 Å². The van der Waals surface area contributed by atoms with Crippen LogP contribution in [0.25, 0.3) is 0 Å². The average Bonchev–Trinajstić information content (AvgIpc) is 3.26. The second kappa shape index (κ2) is 18.4. The van der Waals surface area contributed by atoms with Crippen molar-refractivity contribution < 1.29 is 38.0 Å². The number of rotatable bonds is 20. The van der Waals surface area contributed by atoms with E-state index in [-0.39, 0.29) is 11.9 Å². The van der Waals surface area contributed by atoms with Crippen LogP contribution in [-0.4, -0.2) is 64.8 Å². The van der Waals surface area contributed by atoms with Crippen LogP contribution in [0.4, 0.5) is 0 Å². The highest BCUT2D eigenvalue weighted by Crippen LogP contribution is 2.37. The Hall–Kier alpha value is -1.84. The summed E-state index contributed by atoms with van der Waals surface area (Å²) in [5.41, 5.74) is -0.468. The molecular formula is C27H44O8S. The van der Waals surface area contributed by atoms with Crippen molar-refractivity contribution in [2.24, 2.45) is 5.41 Å². The molecule has 0 amide bonds. The van der Waals surface area contributed by atoms with Gasteiger partial charge in [-0.25, -0.2) is 0 Å². The van der Waals surface area contributed by atoms with E-state index in [1.165, 1.54) is 11.3 Å². The molecule has 0 unspecified atom stereocenters. The van der Waals surface area contributed by atoms with Gasteiger partial charge in [0.1, 0.15) is 13.2 Å². The highest BCUT2D eigenvalue weighted by molar-refractivity contribution is 7.08. The topological polar surface area (TPSA) is 89.5 Å². The van der Waals surface area contributed by atoms with E-state index in [0.29, 0.717) is 78.5 Å². The number of carbonyl (C=O) groups is 2. The first-order valence-corrected chi connectivity index (χ1v) is 14.3. The van der Waals surface area contributed by atoms with Crippen molar-refractivity contribution in [2.75, 3.05) is 52.9 Å². The molecule has 0 atom stereocenters.